The summed E-state index contributed by atoms with van der Waals surface area (Å²) >= 11 is 5.33. The summed E-state index contributed by atoms with van der Waals surface area (Å²) in [6, 6.07) is 16.5. The van der Waals surface area contributed by atoms with Crippen molar-refractivity contribution in [2.24, 2.45) is 5.10 Å². The van der Waals surface area contributed by atoms with Crippen LogP contribution in [0.25, 0.3) is 11.4 Å². The fraction of sp³-hybridized carbons (Fsp3) is 0.250. The van der Waals surface area contributed by atoms with Gasteiger partial charge >= 0.3 is 0 Å². The second-order valence-corrected chi connectivity index (χ2v) is 7.54. The molecular weight excluding hydrogens is 328 g/mol. The Morgan fingerprint density at radius 2 is 1.84 bits per heavy atom. The predicted molar refractivity (Wildman–Crippen MR) is 106 cm³/mol. The molecule has 4 nitrogen and oxygen atoms in total. The Labute approximate surface area is 153 Å². The third-order valence-electron chi connectivity index (χ3n) is 4.02. The van der Waals surface area contributed by atoms with Gasteiger partial charge in [-0.15, -0.1) is 0 Å². The molecule has 0 aliphatic rings. The normalized spacial score (nSPS) is 12.0. The largest absolute Gasteiger partial charge is 0.250 e. The van der Waals surface area contributed by atoms with Crippen LogP contribution in [0.1, 0.15) is 37.5 Å². The maximum Gasteiger partial charge on any atom is 0.216 e. The van der Waals surface area contributed by atoms with Crippen LogP contribution in [0, 0.1) is 11.7 Å². The molecule has 0 unspecified atom stereocenters. The van der Waals surface area contributed by atoms with E-state index in [9.17, 15) is 0 Å². The summed E-state index contributed by atoms with van der Waals surface area (Å²) in [6.07, 6.45) is 1.80. The molecule has 0 spiro atoms. The van der Waals surface area contributed by atoms with E-state index in [0.29, 0.717) is 10.6 Å². The average molecular weight is 350 g/mol. The number of aromatic nitrogens is 3. The molecule has 25 heavy (non-hydrogen) atoms. The summed E-state index contributed by atoms with van der Waals surface area (Å²) in [6.45, 7) is 8.65. The zero-order valence-electron chi connectivity index (χ0n) is 14.9. The number of aromatic amines is 1. The molecule has 1 aromatic heterocycles. The van der Waals surface area contributed by atoms with Crippen LogP contribution in [0.5, 0.6) is 0 Å². The van der Waals surface area contributed by atoms with Gasteiger partial charge in [0.1, 0.15) is 0 Å². The Kier molecular flexibility index (Phi) is 4.68. The Balaban J connectivity index is 1.96. The van der Waals surface area contributed by atoms with E-state index in [4.69, 9.17) is 12.2 Å². The van der Waals surface area contributed by atoms with Crippen molar-refractivity contribution in [1.29, 1.82) is 0 Å². The molecule has 0 fully saturated rings. The third kappa shape index (κ3) is 3.94. The van der Waals surface area contributed by atoms with E-state index in [2.05, 4.69) is 79.4 Å². The summed E-state index contributed by atoms with van der Waals surface area (Å²) in [5, 5.41) is 11.7. The number of H-pyrrole nitrogens is 1. The van der Waals surface area contributed by atoms with Gasteiger partial charge in [0.05, 0.1) is 6.21 Å². The van der Waals surface area contributed by atoms with E-state index in [-0.39, 0.29) is 5.41 Å². The fourth-order valence-corrected chi connectivity index (χ4v) is 2.76. The Morgan fingerprint density at radius 3 is 2.48 bits per heavy atom. The molecule has 0 atom stereocenters. The first-order valence-electron chi connectivity index (χ1n) is 8.24. The second-order valence-electron chi connectivity index (χ2n) is 7.15. The van der Waals surface area contributed by atoms with Crippen molar-refractivity contribution in [3.63, 3.8) is 0 Å². The number of hydrogen-bond donors (Lipinski definition) is 1. The van der Waals surface area contributed by atoms with Gasteiger partial charge in [-0.1, -0.05) is 74.9 Å². The van der Waals surface area contributed by atoms with Gasteiger partial charge in [-0.25, -0.2) is 5.10 Å². The standard InChI is InChI=1S/C20H22N4S/c1-14-6-5-7-15(12-14)13-21-24-18(22-23-19(24)25)16-8-10-17(11-9-16)20(2,3)4/h5-13H,1-4H3,(H,23,25)/b21-13+. The van der Waals surface area contributed by atoms with Crippen LogP contribution in [-0.4, -0.2) is 21.1 Å². The lowest BCUT2D eigenvalue weighted by Gasteiger charge is -2.18. The minimum Gasteiger partial charge on any atom is -0.250 e. The van der Waals surface area contributed by atoms with E-state index in [1.807, 2.05) is 12.1 Å². The predicted octanol–water partition coefficient (Wildman–Crippen LogP) is 5.10. The Bertz CT molecular complexity index is 956. The van der Waals surface area contributed by atoms with Crippen molar-refractivity contribution < 1.29 is 0 Å². The summed E-state index contributed by atoms with van der Waals surface area (Å²) in [7, 11) is 0. The molecule has 3 aromatic rings. The van der Waals surface area contributed by atoms with Crippen LogP contribution in [0.4, 0.5) is 0 Å². The molecule has 128 valence electrons. The Morgan fingerprint density at radius 1 is 1.12 bits per heavy atom. The van der Waals surface area contributed by atoms with Crippen molar-refractivity contribution in [1.82, 2.24) is 14.9 Å². The van der Waals surface area contributed by atoms with Gasteiger partial charge in [-0.2, -0.15) is 14.9 Å². The van der Waals surface area contributed by atoms with Gasteiger partial charge in [0.25, 0.3) is 0 Å². The summed E-state index contributed by atoms with van der Waals surface area (Å²) in [4.78, 5) is 0. The molecule has 0 aliphatic carbocycles. The van der Waals surface area contributed by atoms with E-state index < -0.39 is 0 Å². The van der Waals surface area contributed by atoms with Gasteiger partial charge in [0.15, 0.2) is 5.82 Å². The zero-order valence-corrected chi connectivity index (χ0v) is 15.8. The number of nitrogens with zero attached hydrogens (tertiary/aromatic N) is 3. The maximum atomic E-state index is 5.33. The zero-order chi connectivity index (χ0) is 18.0. The van der Waals surface area contributed by atoms with Crippen LogP contribution < -0.4 is 0 Å². The smallest absolute Gasteiger partial charge is 0.216 e. The summed E-state index contributed by atoms with van der Waals surface area (Å²) in [5.41, 5.74) is 4.59. The van der Waals surface area contributed by atoms with Gasteiger partial charge in [0, 0.05) is 5.56 Å². The molecule has 0 saturated carbocycles. The first-order chi connectivity index (χ1) is 11.8. The minimum atomic E-state index is 0.118. The maximum absolute atomic E-state index is 5.33. The van der Waals surface area contributed by atoms with E-state index in [1.54, 1.807) is 10.9 Å². The number of rotatable bonds is 3. The quantitative estimate of drug-likeness (QED) is 0.528. The van der Waals surface area contributed by atoms with Gasteiger partial charge in [-0.05, 0) is 35.7 Å². The average Bonchev–Trinajstić information content (AvgIpc) is 2.93. The lowest BCUT2D eigenvalue weighted by molar-refractivity contribution is 0.590. The third-order valence-corrected chi connectivity index (χ3v) is 4.29. The van der Waals surface area contributed by atoms with E-state index >= 15 is 0 Å². The summed E-state index contributed by atoms with van der Waals surface area (Å²) in [5.74, 6) is 0.703. The van der Waals surface area contributed by atoms with Gasteiger partial charge in [-0.3, -0.25) is 0 Å². The molecule has 0 radical (unpaired) electrons. The van der Waals surface area contributed by atoms with E-state index in [0.717, 1.165) is 11.1 Å². The highest BCUT2D eigenvalue weighted by Gasteiger charge is 2.14. The lowest BCUT2D eigenvalue weighted by atomic mass is 9.87. The highest BCUT2D eigenvalue weighted by molar-refractivity contribution is 7.71. The summed E-state index contributed by atoms with van der Waals surface area (Å²) < 4.78 is 2.13. The fourth-order valence-electron chi connectivity index (χ4n) is 2.58. The molecular formula is C20H22N4S. The molecule has 2 aromatic carbocycles. The minimum absolute atomic E-state index is 0.118. The van der Waals surface area contributed by atoms with Crippen LogP contribution in [0.3, 0.4) is 0 Å². The van der Waals surface area contributed by atoms with Crippen molar-refractivity contribution >= 4 is 18.4 Å². The number of benzene rings is 2. The van der Waals surface area contributed by atoms with Gasteiger partial charge in [0.2, 0.25) is 4.77 Å². The highest BCUT2D eigenvalue weighted by atomic mass is 32.1. The molecule has 1 heterocycles. The first-order valence-corrected chi connectivity index (χ1v) is 8.65. The molecule has 3 rings (SSSR count). The number of aryl methyl sites for hydroxylation is 1. The topological polar surface area (TPSA) is 46.0 Å². The van der Waals surface area contributed by atoms with Crippen molar-refractivity contribution in [3.8, 4) is 11.4 Å². The van der Waals surface area contributed by atoms with Crippen LogP contribution in [0.2, 0.25) is 0 Å². The van der Waals surface area contributed by atoms with Crippen molar-refractivity contribution in [3.05, 3.63) is 70.0 Å². The lowest BCUT2D eigenvalue weighted by Crippen LogP contribution is -2.10. The SMILES string of the molecule is Cc1cccc(/C=N/n2c(-c3ccc(C(C)(C)C)cc3)n[nH]c2=S)c1. The van der Waals surface area contributed by atoms with E-state index in [1.165, 1.54) is 11.1 Å². The molecule has 0 bridgehead atoms. The Hall–Kier alpha value is -2.53. The molecule has 1 N–H and O–H groups in total. The highest BCUT2D eigenvalue weighted by Crippen LogP contribution is 2.25. The first kappa shape index (κ1) is 17.3. The molecule has 0 aliphatic heterocycles. The van der Waals surface area contributed by atoms with Crippen LogP contribution in [0.15, 0.2) is 53.6 Å². The number of hydrogen-bond acceptors (Lipinski definition) is 3. The van der Waals surface area contributed by atoms with Crippen molar-refractivity contribution in [2.75, 3.05) is 0 Å². The molecule has 0 amide bonds. The van der Waals surface area contributed by atoms with Gasteiger partial charge < -0.3 is 0 Å². The second kappa shape index (κ2) is 6.76. The van der Waals surface area contributed by atoms with Crippen molar-refractivity contribution in [2.45, 2.75) is 33.1 Å². The number of nitrogens with one attached hydrogen (secondary N) is 1. The monoisotopic (exact) mass is 350 g/mol. The molecule has 0 saturated heterocycles. The molecule has 5 heteroatoms. The van der Waals surface area contributed by atoms with Crippen LogP contribution >= 0.6 is 12.2 Å². The van der Waals surface area contributed by atoms with Crippen LogP contribution in [-0.2, 0) is 5.41 Å².